The van der Waals surface area contributed by atoms with E-state index in [0.29, 0.717) is 15.9 Å². The summed E-state index contributed by atoms with van der Waals surface area (Å²) in [5.74, 6) is -2.02. The van der Waals surface area contributed by atoms with Gasteiger partial charge in [-0.1, -0.05) is 6.07 Å². The molecular formula is C21H16F4N2O4. The number of alkyl halides is 3. The smallest absolute Gasteiger partial charge is 0.573 e. The average Bonchev–Trinajstić information content (AvgIpc) is 2.72. The SMILES string of the molecule is COc1cc(OC(F)(F)F)ccc1-c1ccc(F)c(C(=O)NCc2cccc[n+]2[O-])c1. The molecule has 0 aliphatic heterocycles. The number of benzene rings is 2. The maximum Gasteiger partial charge on any atom is 0.573 e. The number of pyridine rings is 1. The van der Waals surface area contributed by atoms with Crippen LogP contribution in [-0.4, -0.2) is 19.4 Å². The zero-order chi connectivity index (χ0) is 22.6. The van der Waals surface area contributed by atoms with Crippen LogP contribution in [-0.2, 0) is 6.54 Å². The van der Waals surface area contributed by atoms with E-state index in [1.807, 2.05) is 0 Å². The molecule has 2 aromatic carbocycles. The summed E-state index contributed by atoms with van der Waals surface area (Å²) in [7, 11) is 1.26. The Bertz CT molecular complexity index is 1100. The highest BCUT2D eigenvalue weighted by Crippen LogP contribution is 2.35. The minimum absolute atomic E-state index is 0.0383. The molecule has 0 bridgehead atoms. The summed E-state index contributed by atoms with van der Waals surface area (Å²) in [6, 6.07) is 11.7. The zero-order valence-electron chi connectivity index (χ0n) is 16.1. The van der Waals surface area contributed by atoms with Crippen molar-refractivity contribution in [2.24, 2.45) is 0 Å². The molecule has 0 aliphatic rings. The lowest BCUT2D eigenvalue weighted by molar-refractivity contribution is -0.614. The van der Waals surface area contributed by atoms with Crippen molar-refractivity contribution in [3.8, 4) is 22.6 Å². The van der Waals surface area contributed by atoms with Crippen LogP contribution in [0.3, 0.4) is 0 Å². The summed E-state index contributed by atoms with van der Waals surface area (Å²) in [6.45, 7) is -0.125. The van der Waals surface area contributed by atoms with Crippen LogP contribution in [0.25, 0.3) is 11.1 Å². The fourth-order valence-corrected chi connectivity index (χ4v) is 2.84. The maximum atomic E-state index is 14.3. The summed E-state index contributed by atoms with van der Waals surface area (Å²) < 4.78 is 61.1. The normalized spacial score (nSPS) is 11.1. The van der Waals surface area contributed by atoms with Gasteiger partial charge in [0.1, 0.15) is 23.9 Å². The van der Waals surface area contributed by atoms with Crippen molar-refractivity contribution in [3.05, 3.63) is 83.1 Å². The Morgan fingerprint density at radius 2 is 1.90 bits per heavy atom. The van der Waals surface area contributed by atoms with Crippen LogP contribution in [0, 0.1) is 11.0 Å². The molecule has 1 aromatic heterocycles. The van der Waals surface area contributed by atoms with Crippen LogP contribution < -0.4 is 19.5 Å². The van der Waals surface area contributed by atoms with E-state index >= 15 is 0 Å². The number of carbonyl (C=O) groups excluding carboxylic acids is 1. The van der Waals surface area contributed by atoms with E-state index < -0.39 is 23.8 Å². The van der Waals surface area contributed by atoms with E-state index in [1.54, 1.807) is 6.07 Å². The Morgan fingerprint density at radius 3 is 2.58 bits per heavy atom. The van der Waals surface area contributed by atoms with Gasteiger partial charge in [-0.05, 0) is 35.9 Å². The van der Waals surface area contributed by atoms with Crippen LogP contribution in [0.15, 0.2) is 60.8 Å². The summed E-state index contributed by atoms with van der Waals surface area (Å²) in [6.07, 6.45) is -3.60. The van der Waals surface area contributed by atoms with Crippen molar-refractivity contribution < 1.29 is 36.6 Å². The molecule has 3 rings (SSSR count). The van der Waals surface area contributed by atoms with Gasteiger partial charge in [0.05, 0.1) is 12.7 Å². The lowest BCUT2D eigenvalue weighted by Crippen LogP contribution is -2.35. The van der Waals surface area contributed by atoms with Crippen molar-refractivity contribution in [3.63, 3.8) is 0 Å². The van der Waals surface area contributed by atoms with E-state index in [1.165, 1.54) is 43.6 Å². The van der Waals surface area contributed by atoms with Gasteiger partial charge in [-0.25, -0.2) is 4.39 Å². The molecule has 0 saturated heterocycles. The molecule has 0 spiro atoms. The van der Waals surface area contributed by atoms with Crippen LogP contribution in [0.5, 0.6) is 11.5 Å². The first-order valence-electron chi connectivity index (χ1n) is 8.87. The number of aromatic nitrogens is 1. The zero-order valence-corrected chi connectivity index (χ0v) is 16.1. The van der Waals surface area contributed by atoms with Gasteiger partial charge in [-0.3, -0.25) is 4.79 Å². The predicted molar refractivity (Wildman–Crippen MR) is 102 cm³/mol. The number of carbonyl (C=O) groups is 1. The first kappa shape index (κ1) is 21.9. The number of methoxy groups -OCH3 is 1. The van der Waals surface area contributed by atoms with Crippen LogP contribution in [0.1, 0.15) is 16.1 Å². The number of hydrogen-bond donors (Lipinski definition) is 1. The molecule has 0 fully saturated rings. The first-order valence-corrected chi connectivity index (χ1v) is 8.87. The van der Waals surface area contributed by atoms with Crippen LogP contribution in [0.4, 0.5) is 17.6 Å². The molecule has 1 amide bonds. The summed E-state index contributed by atoms with van der Waals surface area (Å²) >= 11 is 0. The second-order valence-electron chi connectivity index (χ2n) is 6.30. The molecule has 0 unspecified atom stereocenters. The van der Waals surface area contributed by atoms with Gasteiger partial charge >= 0.3 is 6.36 Å². The number of nitrogens with zero attached hydrogens (tertiary/aromatic N) is 1. The largest absolute Gasteiger partial charge is 0.618 e. The molecule has 0 aliphatic carbocycles. The number of halogens is 4. The van der Waals surface area contributed by atoms with Crippen LogP contribution in [0.2, 0.25) is 0 Å². The van der Waals surface area contributed by atoms with Gasteiger partial charge in [0.2, 0.25) is 5.69 Å². The van der Waals surface area contributed by atoms with Crippen LogP contribution >= 0.6 is 0 Å². The third kappa shape index (κ3) is 5.41. The fourth-order valence-electron chi connectivity index (χ4n) is 2.84. The molecule has 3 aromatic rings. The van der Waals surface area contributed by atoms with E-state index in [0.717, 1.165) is 18.2 Å². The molecule has 10 heteroatoms. The second-order valence-corrected chi connectivity index (χ2v) is 6.30. The van der Waals surface area contributed by atoms with Crippen molar-refractivity contribution in [2.75, 3.05) is 7.11 Å². The van der Waals surface area contributed by atoms with Gasteiger partial charge < -0.3 is 20.0 Å². The Hall–Kier alpha value is -3.82. The molecule has 1 N–H and O–H groups in total. The number of rotatable bonds is 6. The van der Waals surface area contributed by atoms with Gasteiger partial charge in [0, 0.05) is 23.8 Å². The van der Waals surface area contributed by atoms with Crippen molar-refractivity contribution in [2.45, 2.75) is 12.9 Å². The Labute approximate surface area is 174 Å². The minimum Gasteiger partial charge on any atom is -0.618 e. The maximum absolute atomic E-state index is 14.3. The van der Waals surface area contributed by atoms with Crippen molar-refractivity contribution >= 4 is 5.91 Å². The topological polar surface area (TPSA) is 74.5 Å². The number of ether oxygens (including phenoxy) is 2. The highest BCUT2D eigenvalue weighted by atomic mass is 19.4. The Balaban J connectivity index is 1.86. The van der Waals surface area contributed by atoms with Gasteiger partial charge in [0.15, 0.2) is 6.20 Å². The van der Waals surface area contributed by atoms with Gasteiger partial charge in [-0.2, -0.15) is 4.73 Å². The monoisotopic (exact) mass is 436 g/mol. The lowest BCUT2D eigenvalue weighted by Gasteiger charge is -2.14. The molecule has 0 atom stereocenters. The summed E-state index contributed by atoms with van der Waals surface area (Å²) in [4.78, 5) is 12.5. The number of nitrogens with one attached hydrogen (secondary N) is 1. The highest BCUT2D eigenvalue weighted by molar-refractivity contribution is 5.96. The summed E-state index contributed by atoms with van der Waals surface area (Å²) in [5, 5.41) is 14.1. The first-order chi connectivity index (χ1) is 14.7. The van der Waals surface area contributed by atoms with Gasteiger partial charge in [0.25, 0.3) is 5.91 Å². The standard InChI is InChI=1S/C21H16F4N2O4/c1-30-19-11-15(31-21(23,24)25)6-7-16(19)13-5-8-18(22)17(10-13)20(28)26-12-14-4-2-3-9-27(14)29/h2-11H,12H2,1H3,(H,26,28). The molecule has 1 heterocycles. The Kier molecular flexibility index (Phi) is 6.28. The van der Waals surface area contributed by atoms with E-state index in [9.17, 15) is 27.6 Å². The molecular weight excluding hydrogens is 420 g/mol. The molecule has 0 radical (unpaired) electrons. The highest BCUT2D eigenvalue weighted by Gasteiger charge is 2.31. The summed E-state index contributed by atoms with van der Waals surface area (Å²) in [5.41, 5.74) is 0.616. The minimum atomic E-state index is -4.87. The molecule has 31 heavy (non-hydrogen) atoms. The quantitative estimate of drug-likeness (QED) is 0.361. The molecule has 6 nitrogen and oxygen atoms in total. The Morgan fingerprint density at radius 1 is 1.13 bits per heavy atom. The molecule has 0 saturated carbocycles. The third-order valence-corrected chi connectivity index (χ3v) is 4.26. The van der Waals surface area contributed by atoms with Gasteiger partial charge in [-0.15, -0.1) is 13.2 Å². The number of hydrogen-bond acceptors (Lipinski definition) is 4. The van der Waals surface area contributed by atoms with E-state index in [-0.39, 0.29) is 23.6 Å². The van der Waals surface area contributed by atoms with Crippen molar-refractivity contribution in [1.82, 2.24) is 5.32 Å². The third-order valence-electron chi connectivity index (χ3n) is 4.26. The second kappa shape index (κ2) is 8.90. The lowest BCUT2D eigenvalue weighted by atomic mass is 10.0. The predicted octanol–water partition coefficient (Wildman–Crippen LogP) is 3.96. The fraction of sp³-hybridized carbons (Fsp3) is 0.143. The van der Waals surface area contributed by atoms with E-state index in [2.05, 4.69) is 10.1 Å². The average molecular weight is 436 g/mol. The van der Waals surface area contributed by atoms with E-state index in [4.69, 9.17) is 4.74 Å². The number of amides is 1. The molecule has 162 valence electrons. The van der Waals surface area contributed by atoms with Crippen molar-refractivity contribution in [1.29, 1.82) is 0 Å².